The maximum Gasteiger partial charge on any atom is 0.221 e. The van der Waals surface area contributed by atoms with Gasteiger partial charge < -0.3 is 10.6 Å². The fourth-order valence-corrected chi connectivity index (χ4v) is 2.76. The first-order valence-electron chi connectivity index (χ1n) is 8.62. The number of carbonyl (C=O) groups is 1. The summed E-state index contributed by atoms with van der Waals surface area (Å²) in [4.78, 5) is 11.8. The Bertz CT molecular complexity index is 534. The first-order chi connectivity index (χ1) is 11.3. The molecule has 0 aliphatic heterocycles. The average Bonchev–Trinajstić information content (AvgIpc) is 2.57. The Morgan fingerprint density at radius 2 is 1.96 bits per heavy atom. The van der Waals surface area contributed by atoms with Crippen LogP contribution in [0.15, 0.2) is 54.1 Å². The molecule has 0 aromatic heterocycles. The quantitative estimate of drug-likeness (QED) is 0.687. The van der Waals surface area contributed by atoms with Crippen LogP contribution in [0.2, 0.25) is 0 Å². The van der Waals surface area contributed by atoms with Crippen molar-refractivity contribution in [3.63, 3.8) is 0 Å². The molecule has 23 heavy (non-hydrogen) atoms. The van der Waals surface area contributed by atoms with Gasteiger partial charge in [0.05, 0.1) is 0 Å². The Labute approximate surface area is 139 Å². The largest absolute Gasteiger partial charge is 0.356 e. The second-order valence-electron chi connectivity index (χ2n) is 6.14. The second-order valence-corrected chi connectivity index (χ2v) is 6.14. The van der Waals surface area contributed by atoms with E-state index in [0.29, 0.717) is 12.3 Å². The Kier molecular flexibility index (Phi) is 7.61. The zero-order chi connectivity index (χ0) is 16.3. The summed E-state index contributed by atoms with van der Waals surface area (Å²) in [5.74, 6) is 0.744. The summed E-state index contributed by atoms with van der Waals surface area (Å²) < 4.78 is 0. The van der Waals surface area contributed by atoms with Gasteiger partial charge in [-0.15, -0.1) is 0 Å². The Morgan fingerprint density at radius 3 is 2.74 bits per heavy atom. The lowest BCUT2D eigenvalue weighted by atomic mass is 9.91. The van der Waals surface area contributed by atoms with Crippen molar-refractivity contribution >= 4 is 5.91 Å². The first kappa shape index (κ1) is 17.5. The minimum absolute atomic E-state index is 0.136. The van der Waals surface area contributed by atoms with E-state index in [1.165, 1.54) is 11.1 Å². The highest BCUT2D eigenvalue weighted by Crippen LogP contribution is 2.21. The van der Waals surface area contributed by atoms with Gasteiger partial charge in [-0.05, 0) is 37.3 Å². The van der Waals surface area contributed by atoms with Crippen LogP contribution in [0.4, 0.5) is 0 Å². The van der Waals surface area contributed by atoms with Crippen molar-refractivity contribution in [2.75, 3.05) is 19.6 Å². The number of allylic oxidation sites excluding steroid dienone is 3. The van der Waals surface area contributed by atoms with Gasteiger partial charge in [-0.1, -0.05) is 61.1 Å². The average molecular weight is 312 g/mol. The standard InChI is InChI=1S/C20H28N2O/c1-17-7-5-6-10-19(17)12-16-22-20(23)13-15-21-14-11-18-8-3-2-4-9-18/h2-6,8-10,17,21H,7,11-16H2,1H3,(H,22,23). The molecule has 3 heteroatoms. The van der Waals surface area contributed by atoms with E-state index in [1.807, 2.05) is 6.07 Å². The van der Waals surface area contributed by atoms with E-state index in [4.69, 9.17) is 0 Å². The molecule has 0 heterocycles. The van der Waals surface area contributed by atoms with Crippen molar-refractivity contribution in [2.24, 2.45) is 5.92 Å². The third-order valence-corrected chi connectivity index (χ3v) is 4.27. The van der Waals surface area contributed by atoms with Gasteiger partial charge in [-0.2, -0.15) is 0 Å². The highest BCUT2D eigenvalue weighted by Gasteiger charge is 2.09. The molecule has 0 spiro atoms. The van der Waals surface area contributed by atoms with Crippen LogP contribution in [0.1, 0.15) is 31.7 Å². The highest BCUT2D eigenvalue weighted by atomic mass is 16.1. The Balaban J connectivity index is 1.50. The van der Waals surface area contributed by atoms with Crippen LogP contribution in [0, 0.1) is 5.92 Å². The topological polar surface area (TPSA) is 41.1 Å². The zero-order valence-electron chi connectivity index (χ0n) is 14.1. The van der Waals surface area contributed by atoms with Crippen LogP contribution in [-0.4, -0.2) is 25.5 Å². The summed E-state index contributed by atoms with van der Waals surface area (Å²) in [5, 5.41) is 6.35. The Hall–Kier alpha value is -1.87. The van der Waals surface area contributed by atoms with Crippen LogP contribution >= 0.6 is 0 Å². The highest BCUT2D eigenvalue weighted by molar-refractivity contribution is 5.76. The van der Waals surface area contributed by atoms with Gasteiger partial charge in [-0.3, -0.25) is 4.79 Å². The number of benzene rings is 1. The first-order valence-corrected chi connectivity index (χ1v) is 8.62. The van der Waals surface area contributed by atoms with E-state index >= 15 is 0 Å². The molecular formula is C20H28N2O. The van der Waals surface area contributed by atoms with Crippen LogP contribution in [0.3, 0.4) is 0 Å². The molecule has 3 nitrogen and oxygen atoms in total. The van der Waals surface area contributed by atoms with Crippen molar-refractivity contribution in [1.29, 1.82) is 0 Å². The maximum atomic E-state index is 11.8. The maximum absolute atomic E-state index is 11.8. The van der Waals surface area contributed by atoms with Gasteiger partial charge in [0.1, 0.15) is 0 Å². The smallest absolute Gasteiger partial charge is 0.221 e. The second kappa shape index (κ2) is 10.0. The van der Waals surface area contributed by atoms with Crippen molar-refractivity contribution in [3.05, 3.63) is 59.7 Å². The number of amides is 1. The molecule has 1 aromatic rings. The summed E-state index contributed by atoms with van der Waals surface area (Å²) in [7, 11) is 0. The van der Waals surface area contributed by atoms with E-state index in [0.717, 1.165) is 38.9 Å². The van der Waals surface area contributed by atoms with Crippen molar-refractivity contribution in [3.8, 4) is 0 Å². The zero-order valence-corrected chi connectivity index (χ0v) is 14.1. The van der Waals surface area contributed by atoms with Crippen LogP contribution in [0.5, 0.6) is 0 Å². The summed E-state index contributed by atoms with van der Waals surface area (Å²) in [6, 6.07) is 10.4. The molecule has 1 unspecified atom stereocenters. The molecule has 1 aliphatic rings. The molecule has 1 amide bonds. The molecule has 0 radical (unpaired) electrons. The number of rotatable bonds is 9. The van der Waals surface area contributed by atoms with E-state index in [-0.39, 0.29) is 5.91 Å². The van der Waals surface area contributed by atoms with Crippen LogP contribution < -0.4 is 10.6 Å². The van der Waals surface area contributed by atoms with Crippen molar-refractivity contribution in [1.82, 2.24) is 10.6 Å². The molecule has 0 fully saturated rings. The van der Waals surface area contributed by atoms with E-state index in [9.17, 15) is 4.79 Å². The number of carbonyl (C=O) groups excluding carboxylic acids is 1. The normalized spacial score (nSPS) is 16.9. The molecule has 2 rings (SSSR count). The predicted molar refractivity (Wildman–Crippen MR) is 96.3 cm³/mol. The van der Waals surface area contributed by atoms with E-state index in [1.54, 1.807) is 0 Å². The summed E-state index contributed by atoms with van der Waals surface area (Å²) in [6.45, 7) is 4.63. The van der Waals surface area contributed by atoms with Gasteiger partial charge in [0.15, 0.2) is 0 Å². The van der Waals surface area contributed by atoms with E-state index < -0.39 is 0 Å². The van der Waals surface area contributed by atoms with Gasteiger partial charge in [-0.25, -0.2) is 0 Å². The lowest BCUT2D eigenvalue weighted by Gasteiger charge is -2.17. The van der Waals surface area contributed by atoms with Gasteiger partial charge in [0, 0.05) is 19.5 Å². The van der Waals surface area contributed by atoms with Gasteiger partial charge in [0.25, 0.3) is 0 Å². The minimum atomic E-state index is 0.136. The third-order valence-electron chi connectivity index (χ3n) is 4.27. The SMILES string of the molecule is CC1CC=CC=C1CCNC(=O)CCNCCc1ccccc1. The van der Waals surface area contributed by atoms with Crippen molar-refractivity contribution in [2.45, 2.75) is 32.6 Å². The van der Waals surface area contributed by atoms with Crippen molar-refractivity contribution < 1.29 is 4.79 Å². The van der Waals surface area contributed by atoms with Gasteiger partial charge >= 0.3 is 0 Å². The van der Waals surface area contributed by atoms with E-state index in [2.05, 4.69) is 60.1 Å². The molecule has 1 aliphatic carbocycles. The molecule has 2 N–H and O–H groups in total. The molecule has 0 bridgehead atoms. The third kappa shape index (κ3) is 6.83. The summed E-state index contributed by atoms with van der Waals surface area (Å²) in [5.41, 5.74) is 2.77. The fraction of sp³-hybridized carbons (Fsp3) is 0.450. The van der Waals surface area contributed by atoms with Crippen LogP contribution in [0.25, 0.3) is 0 Å². The molecule has 1 atom stereocenters. The predicted octanol–water partition coefficient (Wildman–Crippen LogP) is 3.24. The lowest BCUT2D eigenvalue weighted by Crippen LogP contribution is -2.29. The number of nitrogens with one attached hydrogen (secondary N) is 2. The summed E-state index contributed by atoms with van der Waals surface area (Å²) in [6.07, 6.45) is 10.1. The number of hydrogen-bond donors (Lipinski definition) is 2. The van der Waals surface area contributed by atoms with Crippen LogP contribution in [-0.2, 0) is 11.2 Å². The Morgan fingerprint density at radius 1 is 1.13 bits per heavy atom. The molecular weight excluding hydrogens is 284 g/mol. The lowest BCUT2D eigenvalue weighted by molar-refractivity contribution is -0.120. The monoisotopic (exact) mass is 312 g/mol. The fourth-order valence-electron chi connectivity index (χ4n) is 2.76. The molecule has 124 valence electrons. The minimum Gasteiger partial charge on any atom is -0.356 e. The van der Waals surface area contributed by atoms with Gasteiger partial charge in [0.2, 0.25) is 5.91 Å². The molecule has 0 saturated heterocycles. The molecule has 1 aromatic carbocycles. The molecule has 0 saturated carbocycles. The number of hydrogen-bond acceptors (Lipinski definition) is 2. The summed E-state index contributed by atoms with van der Waals surface area (Å²) >= 11 is 0.